The summed E-state index contributed by atoms with van der Waals surface area (Å²) in [6, 6.07) is 0.764. The quantitative estimate of drug-likeness (QED) is 0.820. The van der Waals surface area contributed by atoms with Crippen LogP contribution in [0.4, 0.5) is 0 Å². The van der Waals surface area contributed by atoms with Crippen molar-refractivity contribution in [3.05, 3.63) is 0 Å². The molecule has 0 aromatic carbocycles. The van der Waals surface area contributed by atoms with Gasteiger partial charge in [-0.15, -0.1) is 0 Å². The lowest BCUT2D eigenvalue weighted by molar-refractivity contribution is -0.142. The normalized spacial score (nSPS) is 27.3. The van der Waals surface area contributed by atoms with Crippen LogP contribution in [-0.2, 0) is 4.79 Å². The maximum atomic E-state index is 12.5. The van der Waals surface area contributed by atoms with Crippen molar-refractivity contribution >= 4 is 5.91 Å². The summed E-state index contributed by atoms with van der Waals surface area (Å²) in [6.07, 6.45) is 4.42. The van der Waals surface area contributed by atoms with Gasteiger partial charge in [-0.1, -0.05) is 13.8 Å². The third-order valence-electron chi connectivity index (χ3n) is 3.84. The average Bonchev–Trinajstić information content (AvgIpc) is 2.25. The molecule has 1 aliphatic rings. The number of rotatable bonds is 4. The largest absolute Gasteiger partial charge is 0.337 e. The number of carbonyl (C=O) groups excluding carboxylic acids is 1. The van der Waals surface area contributed by atoms with Crippen molar-refractivity contribution in [2.75, 3.05) is 6.54 Å². The Morgan fingerprint density at radius 1 is 1.29 bits per heavy atom. The van der Waals surface area contributed by atoms with Crippen molar-refractivity contribution < 1.29 is 4.79 Å². The second-order valence-corrected chi connectivity index (χ2v) is 5.94. The van der Waals surface area contributed by atoms with Crippen molar-refractivity contribution in [3.63, 3.8) is 0 Å². The average molecular weight is 240 g/mol. The van der Waals surface area contributed by atoms with Crippen LogP contribution in [0.1, 0.15) is 53.4 Å². The van der Waals surface area contributed by atoms with E-state index in [1.807, 2.05) is 0 Å². The summed E-state index contributed by atoms with van der Waals surface area (Å²) >= 11 is 0. The first-order chi connectivity index (χ1) is 7.97. The van der Waals surface area contributed by atoms with E-state index in [2.05, 4.69) is 32.6 Å². The van der Waals surface area contributed by atoms with Gasteiger partial charge in [0.2, 0.25) is 5.91 Å². The highest BCUT2D eigenvalue weighted by atomic mass is 16.2. The Morgan fingerprint density at radius 3 is 2.24 bits per heavy atom. The Hall–Kier alpha value is -0.570. The van der Waals surface area contributed by atoms with Gasteiger partial charge in [0, 0.05) is 18.6 Å². The van der Waals surface area contributed by atoms with E-state index in [1.54, 1.807) is 0 Å². The number of hydrogen-bond acceptors (Lipinski definition) is 2. The first-order valence-corrected chi connectivity index (χ1v) is 6.99. The van der Waals surface area contributed by atoms with E-state index in [9.17, 15) is 4.79 Å². The van der Waals surface area contributed by atoms with E-state index in [0.717, 1.165) is 19.3 Å². The van der Waals surface area contributed by atoms with Crippen LogP contribution in [0.15, 0.2) is 0 Å². The number of nitrogens with two attached hydrogens (primary N) is 1. The molecule has 1 amide bonds. The predicted octanol–water partition coefficient (Wildman–Crippen LogP) is 2.40. The number of hydrogen-bond donors (Lipinski definition) is 1. The van der Waals surface area contributed by atoms with Gasteiger partial charge in [0.25, 0.3) is 0 Å². The summed E-state index contributed by atoms with van der Waals surface area (Å²) in [5, 5.41) is 0. The van der Waals surface area contributed by atoms with Crippen LogP contribution in [0, 0.1) is 11.8 Å². The van der Waals surface area contributed by atoms with Crippen molar-refractivity contribution in [2.45, 2.75) is 65.5 Å². The molecule has 3 nitrogen and oxygen atoms in total. The fourth-order valence-corrected chi connectivity index (χ4v) is 2.93. The fraction of sp³-hybridized carbons (Fsp3) is 0.929. The lowest BCUT2D eigenvalue weighted by Gasteiger charge is -2.41. The van der Waals surface area contributed by atoms with Crippen LogP contribution in [-0.4, -0.2) is 29.4 Å². The lowest BCUT2D eigenvalue weighted by atomic mass is 9.91. The Morgan fingerprint density at radius 2 is 1.82 bits per heavy atom. The summed E-state index contributed by atoms with van der Waals surface area (Å²) in [6.45, 7) is 9.11. The van der Waals surface area contributed by atoms with Crippen molar-refractivity contribution in [2.24, 2.45) is 17.6 Å². The summed E-state index contributed by atoms with van der Waals surface area (Å²) in [5.41, 5.74) is 5.77. The zero-order valence-corrected chi connectivity index (χ0v) is 11.8. The van der Waals surface area contributed by atoms with Crippen LogP contribution >= 0.6 is 0 Å². The minimum absolute atomic E-state index is 0.0120. The molecule has 1 heterocycles. The highest BCUT2D eigenvalue weighted by molar-refractivity contribution is 5.79. The van der Waals surface area contributed by atoms with Gasteiger partial charge >= 0.3 is 0 Å². The summed E-state index contributed by atoms with van der Waals surface area (Å²) in [5.74, 6) is 0.821. The molecule has 2 N–H and O–H groups in total. The van der Waals surface area contributed by atoms with Gasteiger partial charge in [-0.3, -0.25) is 4.79 Å². The van der Waals surface area contributed by atoms with Gasteiger partial charge in [-0.2, -0.15) is 0 Å². The monoisotopic (exact) mass is 240 g/mol. The van der Waals surface area contributed by atoms with Crippen LogP contribution in [0.5, 0.6) is 0 Å². The third kappa shape index (κ3) is 3.70. The van der Waals surface area contributed by atoms with Crippen LogP contribution in [0.3, 0.4) is 0 Å². The van der Waals surface area contributed by atoms with E-state index < -0.39 is 0 Å². The molecule has 0 radical (unpaired) electrons. The van der Waals surface area contributed by atoms with Gasteiger partial charge in [-0.25, -0.2) is 0 Å². The molecular weight excluding hydrogens is 212 g/mol. The SMILES string of the molecule is CC(C)CC(CN)C(=O)N1[C@H](C)CCC[C@@H]1C. The third-order valence-corrected chi connectivity index (χ3v) is 3.84. The molecule has 1 unspecified atom stereocenters. The first-order valence-electron chi connectivity index (χ1n) is 6.99. The molecule has 1 aliphatic heterocycles. The molecule has 0 spiro atoms. The Labute approximate surface area is 106 Å². The first kappa shape index (κ1) is 14.5. The number of carbonyl (C=O) groups is 1. The standard InChI is InChI=1S/C14H28N2O/c1-10(2)8-13(9-15)14(17)16-11(3)6-5-7-12(16)4/h10-13H,5-9,15H2,1-4H3/t11-,12+,13?. The van der Waals surface area contributed by atoms with Gasteiger partial charge in [0.05, 0.1) is 5.92 Å². The smallest absolute Gasteiger partial charge is 0.227 e. The van der Waals surface area contributed by atoms with Crippen LogP contribution < -0.4 is 5.73 Å². The molecule has 1 fully saturated rings. The maximum Gasteiger partial charge on any atom is 0.227 e. The molecule has 3 atom stereocenters. The van der Waals surface area contributed by atoms with Crippen molar-refractivity contribution in [3.8, 4) is 0 Å². The van der Waals surface area contributed by atoms with Crippen molar-refractivity contribution in [1.82, 2.24) is 4.90 Å². The number of piperidine rings is 1. The fourth-order valence-electron chi connectivity index (χ4n) is 2.93. The van der Waals surface area contributed by atoms with E-state index in [4.69, 9.17) is 5.73 Å². The molecular formula is C14H28N2O. The minimum atomic E-state index is 0.0120. The summed E-state index contributed by atoms with van der Waals surface area (Å²) < 4.78 is 0. The predicted molar refractivity (Wildman–Crippen MR) is 71.6 cm³/mol. The van der Waals surface area contributed by atoms with Gasteiger partial charge in [0.15, 0.2) is 0 Å². The molecule has 1 rings (SSSR count). The molecule has 0 aromatic heterocycles. The molecule has 3 heteroatoms. The summed E-state index contributed by atoms with van der Waals surface area (Å²) in [7, 11) is 0. The van der Waals surface area contributed by atoms with Gasteiger partial charge in [0.1, 0.15) is 0 Å². The number of amides is 1. The van der Waals surface area contributed by atoms with Gasteiger partial charge < -0.3 is 10.6 Å². The topological polar surface area (TPSA) is 46.3 Å². The Balaban J connectivity index is 2.70. The maximum absolute atomic E-state index is 12.5. The van der Waals surface area contributed by atoms with E-state index >= 15 is 0 Å². The second-order valence-electron chi connectivity index (χ2n) is 5.94. The van der Waals surface area contributed by atoms with Crippen LogP contribution in [0.2, 0.25) is 0 Å². The second kappa shape index (κ2) is 6.39. The Kier molecular flexibility index (Phi) is 5.44. The van der Waals surface area contributed by atoms with E-state index in [-0.39, 0.29) is 11.8 Å². The Bertz CT molecular complexity index is 243. The number of likely N-dealkylation sites (tertiary alicyclic amines) is 1. The van der Waals surface area contributed by atoms with Crippen LogP contribution in [0.25, 0.3) is 0 Å². The lowest BCUT2D eigenvalue weighted by Crippen LogP contribution is -2.51. The van der Waals surface area contributed by atoms with Gasteiger partial charge in [-0.05, 0) is 45.4 Å². The molecule has 100 valence electrons. The molecule has 0 aromatic rings. The van der Waals surface area contributed by atoms with E-state index in [0.29, 0.717) is 24.5 Å². The van der Waals surface area contributed by atoms with Crippen molar-refractivity contribution in [1.29, 1.82) is 0 Å². The molecule has 17 heavy (non-hydrogen) atoms. The highest BCUT2D eigenvalue weighted by Gasteiger charge is 2.32. The minimum Gasteiger partial charge on any atom is -0.337 e. The molecule has 0 bridgehead atoms. The highest BCUT2D eigenvalue weighted by Crippen LogP contribution is 2.25. The molecule has 1 saturated heterocycles. The number of nitrogens with zero attached hydrogens (tertiary/aromatic N) is 1. The summed E-state index contributed by atoms with van der Waals surface area (Å²) in [4.78, 5) is 14.6. The van der Waals surface area contributed by atoms with E-state index in [1.165, 1.54) is 6.42 Å². The molecule has 0 aliphatic carbocycles. The zero-order valence-electron chi connectivity index (χ0n) is 11.8. The molecule has 0 saturated carbocycles. The zero-order chi connectivity index (χ0) is 13.0.